The highest BCUT2D eigenvalue weighted by Crippen LogP contribution is 2.18. The Hall–Kier alpha value is -0.870. The Morgan fingerprint density at radius 3 is 2.47 bits per heavy atom. The molecule has 1 aromatic heterocycles. The molecule has 17 heavy (non-hydrogen) atoms. The number of hydrogen-bond donors (Lipinski definition) is 2. The van der Waals surface area contributed by atoms with Gasteiger partial charge >= 0.3 is 0 Å². The maximum absolute atomic E-state index is 5.91. The van der Waals surface area contributed by atoms with Gasteiger partial charge in [0.25, 0.3) is 0 Å². The van der Waals surface area contributed by atoms with Gasteiger partial charge in [0, 0.05) is 36.9 Å². The second kappa shape index (κ2) is 5.19. The Morgan fingerprint density at radius 1 is 1.29 bits per heavy atom. The molecule has 0 unspecified atom stereocenters. The lowest BCUT2D eigenvalue weighted by atomic mass is 9.91. The molecule has 1 saturated carbocycles. The van der Waals surface area contributed by atoms with Crippen LogP contribution in [0, 0.1) is 13.8 Å². The zero-order valence-electron chi connectivity index (χ0n) is 11.2. The molecule has 1 aliphatic carbocycles. The zero-order valence-corrected chi connectivity index (χ0v) is 11.2. The van der Waals surface area contributed by atoms with E-state index in [1.165, 1.54) is 24.1 Å². The standard InChI is InChI=1S/C13H24N4/c1-9-13(10(2)17(3)16-9)8-15-12-6-4-11(14)5-7-12/h11-12,15H,4-8,14H2,1-3H3. The van der Waals surface area contributed by atoms with E-state index in [4.69, 9.17) is 5.73 Å². The van der Waals surface area contributed by atoms with Gasteiger partial charge in [-0.25, -0.2) is 0 Å². The third-order valence-corrected chi connectivity index (χ3v) is 4.00. The number of aromatic nitrogens is 2. The molecule has 0 aromatic carbocycles. The minimum Gasteiger partial charge on any atom is -0.328 e. The van der Waals surface area contributed by atoms with Crippen molar-refractivity contribution >= 4 is 0 Å². The smallest absolute Gasteiger partial charge is 0.0641 e. The number of aryl methyl sites for hydroxylation is 2. The van der Waals surface area contributed by atoms with Gasteiger partial charge in [0.2, 0.25) is 0 Å². The van der Waals surface area contributed by atoms with Gasteiger partial charge in [-0.15, -0.1) is 0 Å². The summed E-state index contributed by atoms with van der Waals surface area (Å²) in [6, 6.07) is 1.06. The summed E-state index contributed by atoms with van der Waals surface area (Å²) in [6.45, 7) is 5.15. The Morgan fingerprint density at radius 2 is 1.94 bits per heavy atom. The molecule has 4 nitrogen and oxygen atoms in total. The van der Waals surface area contributed by atoms with E-state index in [1.807, 2.05) is 11.7 Å². The Kier molecular flexibility index (Phi) is 3.84. The maximum atomic E-state index is 5.91. The van der Waals surface area contributed by atoms with Gasteiger partial charge in [0.15, 0.2) is 0 Å². The Bertz CT molecular complexity index is 375. The van der Waals surface area contributed by atoms with E-state index in [-0.39, 0.29) is 0 Å². The average molecular weight is 236 g/mol. The summed E-state index contributed by atoms with van der Waals surface area (Å²) in [6.07, 6.45) is 4.73. The van der Waals surface area contributed by atoms with Crippen molar-refractivity contribution < 1.29 is 0 Å². The molecule has 0 amide bonds. The fraction of sp³-hybridized carbons (Fsp3) is 0.769. The summed E-state index contributed by atoms with van der Waals surface area (Å²) in [4.78, 5) is 0. The summed E-state index contributed by atoms with van der Waals surface area (Å²) in [7, 11) is 2.01. The van der Waals surface area contributed by atoms with E-state index in [2.05, 4.69) is 24.3 Å². The second-order valence-corrected chi connectivity index (χ2v) is 5.27. The lowest BCUT2D eigenvalue weighted by Gasteiger charge is -2.27. The van der Waals surface area contributed by atoms with Crippen LogP contribution >= 0.6 is 0 Å². The molecular weight excluding hydrogens is 212 g/mol. The lowest BCUT2D eigenvalue weighted by molar-refractivity contribution is 0.341. The molecule has 0 spiro atoms. The second-order valence-electron chi connectivity index (χ2n) is 5.27. The molecule has 1 heterocycles. The first-order valence-electron chi connectivity index (χ1n) is 6.56. The van der Waals surface area contributed by atoms with Crippen LogP contribution in [0.2, 0.25) is 0 Å². The van der Waals surface area contributed by atoms with E-state index in [9.17, 15) is 0 Å². The van der Waals surface area contributed by atoms with Crippen molar-refractivity contribution in [3.63, 3.8) is 0 Å². The fourth-order valence-electron chi connectivity index (χ4n) is 2.64. The molecule has 0 atom stereocenters. The minimum absolute atomic E-state index is 0.426. The van der Waals surface area contributed by atoms with Gasteiger partial charge in [-0.2, -0.15) is 5.10 Å². The number of nitrogens with two attached hydrogens (primary N) is 1. The first-order chi connectivity index (χ1) is 8.08. The third kappa shape index (κ3) is 2.87. The number of hydrogen-bond acceptors (Lipinski definition) is 3. The predicted octanol–water partition coefficient (Wildman–Crippen LogP) is 1.40. The van der Waals surface area contributed by atoms with Crippen molar-refractivity contribution in [2.75, 3.05) is 0 Å². The largest absolute Gasteiger partial charge is 0.328 e. The van der Waals surface area contributed by atoms with Crippen LogP contribution in [0.5, 0.6) is 0 Å². The molecular formula is C13H24N4. The summed E-state index contributed by atoms with van der Waals surface area (Å²) in [5.41, 5.74) is 9.67. The van der Waals surface area contributed by atoms with Crippen LogP contribution in [0.3, 0.4) is 0 Å². The van der Waals surface area contributed by atoms with Crippen LogP contribution in [0.1, 0.15) is 42.6 Å². The molecule has 0 radical (unpaired) electrons. The molecule has 1 aliphatic rings. The third-order valence-electron chi connectivity index (χ3n) is 4.00. The van der Waals surface area contributed by atoms with Gasteiger partial charge < -0.3 is 11.1 Å². The molecule has 2 rings (SSSR count). The van der Waals surface area contributed by atoms with Crippen LogP contribution in [-0.4, -0.2) is 21.9 Å². The van der Waals surface area contributed by atoms with Crippen molar-refractivity contribution in [3.05, 3.63) is 17.0 Å². The minimum atomic E-state index is 0.426. The van der Waals surface area contributed by atoms with E-state index in [0.717, 1.165) is 25.1 Å². The van der Waals surface area contributed by atoms with E-state index < -0.39 is 0 Å². The number of rotatable bonds is 3. The van der Waals surface area contributed by atoms with Gasteiger partial charge in [-0.1, -0.05) is 0 Å². The van der Waals surface area contributed by atoms with Crippen LogP contribution in [-0.2, 0) is 13.6 Å². The van der Waals surface area contributed by atoms with Gasteiger partial charge in [-0.05, 0) is 39.5 Å². The molecule has 96 valence electrons. The lowest BCUT2D eigenvalue weighted by Crippen LogP contribution is -2.37. The number of nitrogens with zero attached hydrogens (tertiary/aromatic N) is 2. The normalized spacial score (nSPS) is 25.2. The van der Waals surface area contributed by atoms with E-state index in [0.29, 0.717) is 12.1 Å². The van der Waals surface area contributed by atoms with Crippen molar-refractivity contribution in [2.45, 2.75) is 58.2 Å². The molecule has 1 aromatic rings. The van der Waals surface area contributed by atoms with Crippen LogP contribution in [0.15, 0.2) is 0 Å². The van der Waals surface area contributed by atoms with E-state index in [1.54, 1.807) is 0 Å². The highest BCUT2D eigenvalue weighted by Gasteiger charge is 2.18. The summed E-state index contributed by atoms with van der Waals surface area (Å²) in [5.74, 6) is 0. The van der Waals surface area contributed by atoms with Gasteiger partial charge in [0.05, 0.1) is 5.69 Å². The summed E-state index contributed by atoms with van der Waals surface area (Å²) < 4.78 is 1.96. The quantitative estimate of drug-likeness (QED) is 0.834. The van der Waals surface area contributed by atoms with Crippen molar-refractivity contribution in [3.8, 4) is 0 Å². The molecule has 0 aliphatic heterocycles. The molecule has 0 bridgehead atoms. The maximum Gasteiger partial charge on any atom is 0.0641 e. The van der Waals surface area contributed by atoms with Crippen LogP contribution in [0.25, 0.3) is 0 Å². The highest BCUT2D eigenvalue weighted by atomic mass is 15.3. The predicted molar refractivity (Wildman–Crippen MR) is 69.8 cm³/mol. The SMILES string of the molecule is Cc1nn(C)c(C)c1CNC1CCC(N)CC1. The first-order valence-corrected chi connectivity index (χ1v) is 6.56. The fourth-order valence-corrected chi connectivity index (χ4v) is 2.64. The average Bonchev–Trinajstić information content (AvgIpc) is 2.54. The van der Waals surface area contributed by atoms with Gasteiger partial charge in [0.1, 0.15) is 0 Å². The van der Waals surface area contributed by atoms with Crippen molar-refractivity contribution in [2.24, 2.45) is 12.8 Å². The Balaban J connectivity index is 1.89. The topological polar surface area (TPSA) is 55.9 Å². The van der Waals surface area contributed by atoms with E-state index >= 15 is 0 Å². The Labute approximate surface area is 104 Å². The zero-order chi connectivity index (χ0) is 12.4. The van der Waals surface area contributed by atoms with Crippen LogP contribution < -0.4 is 11.1 Å². The molecule has 4 heteroatoms. The highest BCUT2D eigenvalue weighted by molar-refractivity contribution is 5.24. The van der Waals surface area contributed by atoms with Crippen LogP contribution in [0.4, 0.5) is 0 Å². The first kappa shape index (κ1) is 12.6. The summed E-state index contributed by atoms with van der Waals surface area (Å²) in [5, 5.41) is 8.09. The molecule has 1 fully saturated rings. The summed E-state index contributed by atoms with van der Waals surface area (Å²) >= 11 is 0. The number of nitrogens with one attached hydrogen (secondary N) is 1. The van der Waals surface area contributed by atoms with Crippen molar-refractivity contribution in [1.82, 2.24) is 15.1 Å². The molecule has 0 saturated heterocycles. The van der Waals surface area contributed by atoms with Gasteiger partial charge in [-0.3, -0.25) is 4.68 Å². The molecule has 3 N–H and O–H groups in total. The monoisotopic (exact) mass is 236 g/mol. The van der Waals surface area contributed by atoms with Crippen molar-refractivity contribution in [1.29, 1.82) is 0 Å².